The molecule has 1 aromatic heterocycles. The molecule has 0 amide bonds. The summed E-state index contributed by atoms with van der Waals surface area (Å²) in [5.41, 5.74) is 1.68. The largest absolute Gasteiger partial charge is 0.491 e. The number of hydrogen-bond acceptors (Lipinski definition) is 4. The van der Waals surface area contributed by atoms with E-state index in [-0.39, 0.29) is 12.7 Å². The minimum Gasteiger partial charge on any atom is -0.491 e. The van der Waals surface area contributed by atoms with Crippen LogP contribution in [0, 0.1) is 0 Å². The van der Waals surface area contributed by atoms with Crippen LogP contribution in [-0.4, -0.2) is 16.2 Å². The number of aromatic nitrogens is 1. The van der Waals surface area contributed by atoms with Crippen LogP contribution >= 0.6 is 0 Å². The summed E-state index contributed by atoms with van der Waals surface area (Å²) in [6.07, 6.45) is 1.85. The van der Waals surface area contributed by atoms with Gasteiger partial charge in [-0.25, -0.2) is 4.98 Å². The molecule has 0 unspecified atom stereocenters. The first-order valence-corrected chi connectivity index (χ1v) is 6.27. The van der Waals surface area contributed by atoms with Crippen LogP contribution in [0.4, 0.5) is 11.5 Å². The summed E-state index contributed by atoms with van der Waals surface area (Å²) in [6.45, 7) is 3.95. The van der Waals surface area contributed by atoms with Crippen molar-refractivity contribution in [2.45, 2.75) is 26.6 Å². The van der Waals surface area contributed by atoms with Crippen LogP contribution in [-0.2, 0) is 6.61 Å². The predicted octanol–water partition coefficient (Wildman–Crippen LogP) is 3.10. The van der Waals surface area contributed by atoms with Gasteiger partial charge < -0.3 is 15.2 Å². The summed E-state index contributed by atoms with van der Waals surface area (Å²) < 4.78 is 5.58. The Balaban J connectivity index is 2.11. The number of aliphatic hydroxyl groups is 1. The van der Waals surface area contributed by atoms with Crippen LogP contribution in [0.1, 0.15) is 19.4 Å². The van der Waals surface area contributed by atoms with Crippen molar-refractivity contribution in [2.24, 2.45) is 0 Å². The zero-order chi connectivity index (χ0) is 13.7. The zero-order valence-electron chi connectivity index (χ0n) is 11.1. The molecular formula is C15H18N2O2. The maximum Gasteiger partial charge on any atom is 0.135 e. The number of benzene rings is 1. The summed E-state index contributed by atoms with van der Waals surface area (Å²) in [7, 11) is 0. The summed E-state index contributed by atoms with van der Waals surface area (Å²) in [5.74, 6) is 1.51. The Morgan fingerprint density at radius 3 is 2.58 bits per heavy atom. The van der Waals surface area contributed by atoms with Crippen LogP contribution < -0.4 is 10.1 Å². The van der Waals surface area contributed by atoms with Crippen molar-refractivity contribution in [3.05, 3.63) is 48.2 Å². The van der Waals surface area contributed by atoms with Crippen LogP contribution in [0.25, 0.3) is 0 Å². The second-order valence-electron chi connectivity index (χ2n) is 4.49. The van der Waals surface area contributed by atoms with Gasteiger partial charge in [0.15, 0.2) is 0 Å². The maximum atomic E-state index is 9.24. The normalized spacial score (nSPS) is 10.5. The highest BCUT2D eigenvalue weighted by Crippen LogP contribution is 2.21. The molecular weight excluding hydrogens is 240 g/mol. The van der Waals surface area contributed by atoms with Gasteiger partial charge in [-0.3, -0.25) is 0 Å². The van der Waals surface area contributed by atoms with Crippen LogP contribution in [0.5, 0.6) is 5.75 Å². The van der Waals surface area contributed by atoms with Crippen LogP contribution in [0.2, 0.25) is 0 Å². The molecule has 0 aliphatic carbocycles. The van der Waals surface area contributed by atoms with Crippen molar-refractivity contribution in [3.63, 3.8) is 0 Å². The average molecular weight is 258 g/mol. The number of nitrogens with zero attached hydrogens (tertiary/aromatic N) is 1. The molecule has 19 heavy (non-hydrogen) atoms. The quantitative estimate of drug-likeness (QED) is 0.865. The maximum absolute atomic E-state index is 9.24. The number of anilines is 2. The van der Waals surface area contributed by atoms with Gasteiger partial charge in [0.05, 0.1) is 12.7 Å². The fraction of sp³-hybridized carbons (Fsp3) is 0.267. The molecule has 4 heteroatoms. The van der Waals surface area contributed by atoms with E-state index >= 15 is 0 Å². The van der Waals surface area contributed by atoms with Crippen LogP contribution in [0.15, 0.2) is 42.6 Å². The Hall–Kier alpha value is -2.07. The first kappa shape index (κ1) is 13.4. The van der Waals surface area contributed by atoms with Gasteiger partial charge in [0, 0.05) is 17.4 Å². The smallest absolute Gasteiger partial charge is 0.135 e. The van der Waals surface area contributed by atoms with Gasteiger partial charge in [-0.05, 0) is 44.2 Å². The van der Waals surface area contributed by atoms with Crippen molar-refractivity contribution in [1.82, 2.24) is 4.98 Å². The van der Waals surface area contributed by atoms with E-state index in [1.165, 1.54) is 0 Å². The number of ether oxygens (including phenoxy) is 1. The molecule has 0 fully saturated rings. The highest BCUT2D eigenvalue weighted by Gasteiger charge is 2.03. The lowest BCUT2D eigenvalue weighted by Crippen LogP contribution is -2.05. The molecule has 2 N–H and O–H groups in total. The molecule has 0 aliphatic heterocycles. The van der Waals surface area contributed by atoms with Crippen molar-refractivity contribution in [2.75, 3.05) is 5.32 Å². The van der Waals surface area contributed by atoms with E-state index in [4.69, 9.17) is 4.74 Å². The van der Waals surface area contributed by atoms with Crippen molar-refractivity contribution in [3.8, 4) is 5.75 Å². The molecule has 4 nitrogen and oxygen atoms in total. The summed E-state index contributed by atoms with van der Waals surface area (Å²) >= 11 is 0. The van der Waals surface area contributed by atoms with E-state index < -0.39 is 0 Å². The van der Waals surface area contributed by atoms with Crippen molar-refractivity contribution >= 4 is 11.5 Å². The van der Waals surface area contributed by atoms with Crippen molar-refractivity contribution in [1.29, 1.82) is 0 Å². The zero-order valence-corrected chi connectivity index (χ0v) is 11.1. The molecule has 0 bridgehead atoms. The highest BCUT2D eigenvalue weighted by atomic mass is 16.5. The van der Waals surface area contributed by atoms with Gasteiger partial charge in [-0.2, -0.15) is 0 Å². The van der Waals surface area contributed by atoms with Gasteiger partial charge in [-0.15, -0.1) is 0 Å². The third-order valence-corrected chi connectivity index (χ3v) is 2.55. The van der Waals surface area contributed by atoms with Gasteiger partial charge in [-0.1, -0.05) is 6.07 Å². The molecule has 0 radical (unpaired) electrons. The summed E-state index contributed by atoms with van der Waals surface area (Å²) in [5, 5.41) is 12.4. The molecule has 0 saturated carbocycles. The second kappa shape index (κ2) is 6.20. The Morgan fingerprint density at radius 2 is 1.95 bits per heavy atom. The van der Waals surface area contributed by atoms with Gasteiger partial charge >= 0.3 is 0 Å². The minimum atomic E-state index is -0.0370. The van der Waals surface area contributed by atoms with E-state index in [1.807, 2.05) is 44.2 Å². The predicted molar refractivity (Wildman–Crippen MR) is 75.6 cm³/mol. The Morgan fingerprint density at radius 1 is 1.21 bits per heavy atom. The van der Waals surface area contributed by atoms with E-state index in [9.17, 15) is 5.11 Å². The fourth-order valence-corrected chi connectivity index (χ4v) is 1.70. The highest BCUT2D eigenvalue weighted by molar-refractivity contribution is 5.59. The first-order chi connectivity index (χ1) is 9.19. The minimum absolute atomic E-state index is 0.0370. The number of hydrogen-bond donors (Lipinski definition) is 2. The summed E-state index contributed by atoms with van der Waals surface area (Å²) in [6, 6.07) is 11.3. The SMILES string of the molecule is CC(C)Oc1ccc(Nc2ncccc2CO)cc1. The molecule has 100 valence electrons. The molecule has 0 saturated heterocycles. The van der Waals surface area contributed by atoms with Crippen molar-refractivity contribution < 1.29 is 9.84 Å². The average Bonchev–Trinajstić information content (AvgIpc) is 2.41. The monoisotopic (exact) mass is 258 g/mol. The molecule has 2 rings (SSSR count). The van der Waals surface area contributed by atoms with Gasteiger partial charge in [0.25, 0.3) is 0 Å². The topological polar surface area (TPSA) is 54.4 Å². The molecule has 1 aromatic carbocycles. The lowest BCUT2D eigenvalue weighted by Gasteiger charge is -2.12. The molecule has 0 spiro atoms. The lowest BCUT2D eigenvalue weighted by molar-refractivity contribution is 0.242. The standard InChI is InChI=1S/C15H18N2O2/c1-11(2)19-14-7-5-13(6-8-14)17-15-12(10-18)4-3-9-16-15/h3-9,11,18H,10H2,1-2H3,(H,16,17). The van der Waals surface area contributed by atoms with Gasteiger partial charge in [0.2, 0.25) is 0 Å². The number of pyridine rings is 1. The van der Waals surface area contributed by atoms with E-state index in [0.29, 0.717) is 5.82 Å². The fourth-order valence-electron chi connectivity index (χ4n) is 1.70. The Kier molecular flexibility index (Phi) is 4.36. The molecule has 0 atom stereocenters. The number of nitrogens with one attached hydrogen (secondary N) is 1. The number of rotatable bonds is 5. The first-order valence-electron chi connectivity index (χ1n) is 6.27. The number of aliphatic hydroxyl groups excluding tert-OH is 1. The van der Waals surface area contributed by atoms with Gasteiger partial charge in [0.1, 0.15) is 11.6 Å². The Bertz CT molecular complexity index is 524. The molecule has 1 heterocycles. The second-order valence-corrected chi connectivity index (χ2v) is 4.49. The molecule has 2 aromatic rings. The lowest BCUT2D eigenvalue weighted by atomic mass is 10.2. The summed E-state index contributed by atoms with van der Waals surface area (Å²) in [4.78, 5) is 4.21. The molecule has 0 aliphatic rings. The van der Waals surface area contributed by atoms with Crippen LogP contribution in [0.3, 0.4) is 0 Å². The Labute approximate surface area is 113 Å². The van der Waals surface area contributed by atoms with E-state index in [2.05, 4.69) is 10.3 Å². The third kappa shape index (κ3) is 3.69. The third-order valence-electron chi connectivity index (χ3n) is 2.55. The van der Waals surface area contributed by atoms with E-state index in [0.717, 1.165) is 17.0 Å². The van der Waals surface area contributed by atoms with E-state index in [1.54, 1.807) is 12.3 Å².